The van der Waals surface area contributed by atoms with Crippen LogP contribution in [-0.4, -0.2) is 26.7 Å². The van der Waals surface area contributed by atoms with Gasteiger partial charge in [-0.3, -0.25) is 4.79 Å². The molecule has 0 saturated heterocycles. The Labute approximate surface area is 151 Å². The van der Waals surface area contributed by atoms with E-state index in [9.17, 15) is 4.79 Å². The van der Waals surface area contributed by atoms with Crippen molar-refractivity contribution in [2.75, 3.05) is 31.4 Å². The number of benzene rings is 2. The van der Waals surface area contributed by atoms with Crippen LogP contribution in [0.15, 0.2) is 45.3 Å². The highest BCUT2D eigenvalue weighted by Crippen LogP contribution is 2.29. The zero-order valence-corrected chi connectivity index (χ0v) is 15.8. The fourth-order valence-corrected chi connectivity index (χ4v) is 3.09. The number of carbonyl (C=O) groups excluding carboxylic acids is 1. The number of rotatable bonds is 6. The second kappa shape index (κ2) is 8.21. The Balaban J connectivity index is 1.99. The number of nitrogens with one attached hydrogen (secondary N) is 2. The summed E-state index contributed by atoms with van der Waals surface area (Å²) < 4.78 is 12.2. The fourth-order valence-electron chi connectivity index (χ4n) is 1.90. The first kappa shape index (κ1) is 17.6. The number of ether oxygens (including phenoxy) is 2. The summed E-state index contributed by atoms with van der Waals surface area (Å²) in [5.74, 6) is 1.03. The number of anilines is 2. The van der Waals surface area contributed by atoms with Crippen LogP contribution in [0.4, 0.5) is 11.4 Å². The van der Waals surface area contributed by atoms with Crippen LogP contribution in [0.5, 0.6) is 11.5 Å². The topological polar surface area (TPSA) is 59.6 Å². The molecule has 0 spiro atoms. The molecule has 1 amide bonds. The first-order valence-corrected chi connectivity index (χ1v) is 8.33. The minimum atomic E-state index is -0.178. The van der Waals surface area contributed by atoms with Crippen molar-refractivity contribution in [3.8, 4) is 11.5 Å². The Bertz CT molecular complexity index is 708. The summed E-state index contributed by atoms with van der Waals surface area (Å²) in [6.45, 7) is 0.134. The van der Waals surface area contributed by atoms with Crippen molar-refractivity contribution in [3.63, 3.8) is 0 Å². The smallest absolute Gasteiger partial charge is 0.243 e. The van der Waals surface area contributed by atoms with Gasteiger partial charge in [0.25, 0.3) is 0 Å². The van der Waals surface area contributed by atoms with Crippen LogP contribution in [0.25, 0.3) is 0 Å². The van der Waals surface area contributed by atoms with E-state index >= 15 is 0 Å². The molecule has 5 nitrogen and oxygen atoms in total. The minimum absolute atomic E-state index is 0.134. The van der Waals surface area contributed by atoms with Gasteiger partial charge in [0.05, 0.1) is 26.5 Å². The normalized spacial score (nSPS) is 10.1. The Morgan fingerprint density at radius 3 is 2.43 bits per heavy atom. The Hall–Kier alpha value is -1.73. The van der Waals surface area contributed by atoms with Gasteiger partial charge in [-0.1, -0.05) is 15.9 Å². The molecule has 0 aromatic heterocycles. The largest absolute Gasteiger partial charge is 0.497 e. The van der Waals surface area contributed by atoms with Crippen molar-refractivity contribution in [1.29, 1.82) is 0 Å². The summed E-state index contributed by atoms with van der Waals surface area (Å²) in [6.07, 6.45) is 0. The van der Waals surface area contributed by atoms with E-state index in [4.69, 9.17) is 9.47 Å². The van der Waals surface area contributed by atoms with Crippen molar-refractivity contribution in [3.05, 3.63) is 45.3 Å². The average molecular weight is 444 g/mol. The van der Waals surface area contributed by atoms with Crippen LogP contribution in [0.3, 0.4) is 0 Å². The van der Waals surface area contributed by atoms with Gasteiger partial charge in [0.1, 0.15) is 11.5 Å². The molecule has 122 valence electrons. The lowest BCUT2D eigenvalue weighted by atomic mass is 10.2. The molecule has 2 N–H and O–H groups in total. The highest BCUT2D eigenvalue weighted by molar-refractivity contribution is 9.11. The van der Waals surface area contributed by atoms with Crippen LogP contribution in [-0.2, 0) is 4.79 Å². The molecule has 0 unspecified atom stereocenters. The molecule has 0 atom stereocenters. The fraction of sp³-hybridized carbons (Fsp3) is 0.188. The molecule has 2 aromatic rings. The van der Waals surface area contributed by atoms with E-state index in [-0.39, 0.29) is 12.5 Å². The van der Waals surface area contributed by atoms with Crippen LogP contribution in [0.1, 0.15) is 0 Å². The number of halogens is 2. The van der Waals surface area contributed by atoms with Gasteiger partial charge >= 0.3 is 0 Å². The number of hydrogen-bond acceptors (Lipinski definition) is 4. The molecule has 2 rings (SSSR count). The van der Waals surface area contributed by atoms with Crippen molar-refractivity contribution < 1.29 is 14.3 Å². The van der Waals surface area contributed by atoms with Crippen LogP contribution in [0, 0.1) is 0 Å². The molecular weight excluding hydrogens is 428 g/mol. The van der Waals surface area contributed by atoms with E-state index in [0.717, 1.165) is 14.6 Å². The maximum atomic E-state index is 12.1. The summed E-state index contributed by atoms with van der Waals surface area (Å²) in [7, 11) is 3.12. The summed E-state index contributed by atoms with van der Waals surface area (Å²) in [5.41, 5.74) is 1.43. The molecule has 0 saturated carbocycles. The molecule has 2 aromatic carbocycles. The van der Waals surface area contributed by atoms with Gasteiger partial charge in [-0.2, -0.15) is 0 Å². The molecule has 23 heavy (non-hydrogen) atoms. The summed E-state index contributed by atoms with van der Waals surface area (Å²) in [4.78, 5) is 12.1. The quantitative estimate of drug-likeness (QED) is 0.699. The minimum Gasteiger partial charge on any atom is -0.497 e. The first-order chi connectivity index (χ1) is 11.0. The van der Waals surface area contributed by atoms with Gasteiger partial charge in [0, 0.05) is 20.7 Å². The molecule has 0 aliphatic rings. The maximum Gasteiger partial charge on any atom is 0.243 e. The zero-order chi connectivity index (χ0) is 16.8. The molecule has 0 bridgehead atoms. The van der Waals surface area contributed by atoms with Gasteiger partial charge in [-0.25, -0.2) is 0 Å². The van der Waals surface area contributed by atoms with Crippen LogP contribution < -0.4 is 20.1 Å². The van der Waals surface area contributed by atoms with Crippen LogP contribution >= 0.6 is 31.9 Å². The Morgan fingerprint density at radius 1 is 1.04 bits per heavy atom. The first-order valence-electron chi connectivity index (χ1n) is 6.74. The lowest BCUT2D eigenvalue weighted by molar-refractivity contribution is -0.114. The van der Waals surface area contributed by atoms with Crippen molar-refractivity contribution in [1.82, 2.24) is 0 Å². The average Bonchev–Trinajstić information content (AvgIpc) is 2.54. The van der Waals surface area contributed by atoms with E-state index in [1.165, 1.54) is 0 Å². The maximum absolute atomic E-state index is 12.1. The van der Waals surface area contributed by atoms with Gasteiger partial charge in [0.15, 0.2) is 0 Å². The number of amides is 1. The lowest BCUT2D eigenvalue weighted by Crippen LogP contribution is -2.22. The highest BCUT2D eigenvalue weighted by Gasteiger charge is 2.09. The molecule has 0 aliphatic carbocycles. The number of hydrogen-bond donors (Lipinski definition) is 2. The monoisotopic (exact) mass is 442 g/mol. The summed E-state index contributed by atoms with van der Waals surface area (Å²) in [5, 5.41) is 5.88. The summed E-state index contributed by atoms with van der Waals surface area (Å²) in [6, 6.07) is 10.9. The number of carbonyl (C=O) groups is 1. The van der Waals surface area contributed by atoms with E-state index in [1.54, 1.807) is 32.4 Å². The van der Waals surface area contributed by atoms with Gasteiger partial charge in [-0.05, 0) is 46.3 Å². The van der Waals surface area contributed by atoms with Gasteiger partial charge in [0.2, 0.25) is 5.91 Å². The van der Waals surface area contributed by atoms with Gasteiger partial charge in [-0.15, -0.1) is 0 Å². The second-order valence-corrected chi connectivity index (χ2v) is 6.36. The second-order valence-electron chi connectivity index (χ2n) is 4.59. The SMILES string of the molecule is COc1ccc(NC(=O)CNc2ccc(Br)cc2Br)c(OC)c1. The van der Waals surface area contributed by atoms with Crippen LogP contribution in [0.2, 0.25) is 0 Å². The standard InChI is InChI=1S/C16H16Br2N2O3/c1-22-11-4-6-14(15(8-11)23-2)20-16(21)9-19-13-5-3-10(17)7-12(13)18/h3-8,19H,9H2,1-2H3,(H,20,21). The van der Waals surface area contributed by atoms with E-state index in [2.05, 4.69) is 42.5 Å². The van der Waals surface area contributed by atoms with E-state index in [1.807, 2.05) is 18.2 Å². The molecule has 0 heterocycles. The Morgan fingerprint density at radius 2 is 1.78 bits per heavy atom. The third-order valence-electron chi connectivity index (χ3n) is 3.05. The predicted octanol–water partition coefficient (Wildman–Crippen LogP) is 4.28. The molecule has 0 aliphatic heterocycles. The molecular formula is C16H16Br2N2O3. The third kappa shape index (κ3) is 4.87. The third-order valence-corrected chi connectivity index (χ3v) is 4.20. The van der Waals surface area contributed by atoms with Crippen molar-refractivity contribution in [2.45, 2.75) is 0 Å². The Kier molecular flexibility index (Phi) is 6.29. The number of methoxy groups -OCH3 is 2. The molecule has 0 radical (unpaired) electrons. The molecule has 0 fully saturated rings. The predicted molar refractivity (Wildman–Crippen MR) is 98.5 cm³/mol. The van der Waals surface area contributed by atoms with Crippen molar-refractivity contribution in [2.24, 2.45) is 0 Å². The summed E-state index contributed by atoms with van der Waals surface area (Å²) >= 11 is 6.83. The molecule has 7 heteroatoms. The van der Waals surface area contributed by atoms with Gasteiger partial charge < -0.3 is 20.1 Å². The highest BCUT2D eigenvalue weighted by atomic mass is 79.9. The lowest BCUT2D eigenvalue weighted by Gasteiger charge is -2.13. The van der Waals surface area contributed by atoms with E-state index < -0.39 is 0 Å². The zero-order valence-electron chi connectivity index (χ0n) is 12.7. The van der Waals surface area contributed by atoms with E-state index in [0.29, 0.717) is 17.2 Å². The van der Waals surface area contributed by atoms with Crippen molar-refractivity contribution >= 4 is 49.1 Å².